The van der Waals surface area contributed by atoms with Crippen molar-refractivity contribution in [3.8, 4) is 0 Å². The summed E-state index contributed by atoms with van der Waals surface area (Å²) in [5.41, 5.74) is 8.52. The lowest BCUT2D eigenvalue weighted by molar-refractivity contribution is 0.0827. The normalized spacial score (nSPS) is 10.3. The van der Waals surface area contributed by atoms with Crippen LogP contribution in [0.4, 0.5) is 17.1 Å². The van der Waals surface area contributed by atoms with Crippen LogP contribution in [0.15, 0.2) is 40.9 Å². The van der Waals surface area contributed by atoms with E-state index in [-0.39, 0.29) is 5.91 Å². The maximum absolute atomic E-state index is 12.0. The number of halogens is 2. The van der Waals surface area contributed by atoms with E-state index in [9.17, 15) is 4.79 Å². The second-order valence-corrected chi connectivity index (χ2v) is 5.93. The molecule has 0 atom stereocenters. The van der Waals surface area contributed by atoms with Gasteiger partial charge in [-0.25, -0.2) is 0 Å². The van der Waals surface area contributed by atoms with Crippen molar-refractivity contribution in [3.05, 3.63) is 51.5 Å². The van der Waals surface area contributed by atoms with Crippen LogP contribution in [0.3, 0.4) is 0 Å². The van der Waals surface area contributed by atoms with Crippen molar-refractivity contribution in [2.45, 2.75) is 0 Å². The molecular formula is C15H15BrClN3O. The lowest BCUT2D eigenvalue weighted by Gasteiger charge is -2.15. The SMILES string of the molecule is CN(C)C(=O)c1ccc(N)c(Nc2cccc(Cl)c2Br)c1. The van der Waals surface area contributed by atoms with Crippen LogP contribution >= 0.6 is 27.5 Å². The molecule has 1 amide bonds. The number of hydrogen-bond acceptors (Lipinski definition) is 3. The van der Waals surface area contributed by atoms with Gasteiger partial charge in [-0.3, -0.25) is 4.79 Å². The Hall–Kier alpha value is -1.72. The average molecular weight is 369 g/mol. The first kappa shape index (κ1) is 15.7. The molecule has 0 aliphatic heterocycles. The average Bonchev–Trinajstić information content (AvgIpc) is 2.45. The molecule has 2 aromatic carbocycles. The third-order valence-electron chi connectivity index (χ3n) is 2.93. The van der Waals surface area contributed by atoms with Gasteiger partial charge < -0.3 is 16.0 Å². The highest BCUT2D eigenvalue weighted by Crippen LogP contribution is 2.34. The third-order valence-corrected chi connectivity index (χ3v) is 4.32. The molecule has 0 aromatic heterocycles. The predicted octanol–water partition coefficient (Wildman–Crippen LogP) is 4.13. The molecule has 0 heterocycles. The van der Waals surface area contributed by atoms with E-state index in [0.29, 0.717) is 22.0 Å². The summed E-state index contributed by atoms with van der Waals surface area (Å²) in [5, 5.41) is 3.78. The van der Waals surface area contributed by atoms with E-state index >= 15 is 0 Å². The summed E-state index contributed by atoms with van der Waals surface area (Å²) in [4.78, 5) is 13.5. The third kappa shape index (κ3) is 3.49. The number of amides is 1. The maximum atomic E-state index is 12.0. The molecule has 6 heteroatoms. The van der Waals surface area contributed by atoms with Crippen LogP contribution in [0.25, 0.3) is 0 Å². The number of benzene rings is 2. The van der Waals surface area contributed by atoms with Crippen molar-refractivity contribution in [1.29, 1.82) is 0 Å². The Bertz CT molecular complexity index is 689. The molecule has 110 valence electrons. The Morgan fingerprint density at radius 2 is 1.95 bits per heavy atom. The summed E-state index contributed by atoms with van der Waals surface area (Å²) in [6.45, 7) is 0. The molecule has 3 N–H and O–H groups in total. The number of carbonyl (C=O) groups is 1. The Kier molecular flexibility index (Phi) is 4.75. The molecule has 0 radical (unpaired) electrons. The van der Waals surface area contributed by atoms with Crippen LogP contribution in [-0.2, 0) is 0 Å². The number of nitrogens with two attached hydrogens (primary N) is 1. The maximum Gasteiger partial charge on any atom is 0.253 e. The smallest absolute Gasteiger partial charge is 0.253 e. The number of anilines is 3. The van der Waals surface area contributed by atoms with Gasteiger partial charge in [0.15, 0.2) is 0 Å². The van der Waals surface area contributed by atoms with Gasteiger partial charge in [0.1, 0.15) is 0 Å². The molecular weight excluding hydrogens is 354 g/mol. The second-order valence-electron chi connectivity index (χ2n) is 4.73. The van der Waals surface area contributed by atoms with Crippen LogP contribution in [0, 0.1) is 0 Å². The van der Waals surface area contributed by atoms with E-state index in [1.165, 1.54) is 4.90 Å². The minimum absolute atomic E-state index is 0.0804. The van der Waals surface area contributed by atoms with Gasteiger partial charge in [-0.15, -0.1) is 0 Å². The van der Waals surface area contributed by atoms with Gasteiger partial charge in [0.2, 0.25) is 0 Å². The van der Waals surface area contributed by atoms with E-state index in [4.69, 9.17) is 17.3 Å². The van der Waals surface area contributed by atoms with Gasteiger partial charge in [-0.1, -0.05) is 17.7 Å². The van der Waals surface area contributed by atoms with Crippen LogP contribution in [0.1, 0.15) is 10.4 Å². The van der Waals surface area contributed by atoms with Crippen molar-refractivity contribution in [1.82, 2.24) is 4.90 Å². The van der Waals surface area contributed by atoms with Crippen molar-refractivity contribution < 1.29 is 4.79 Å². The van der Waals surface area contributed by atoms with E-state index in [1.807, 2.05) is 12.1 Å². The Morgan fingerprint density at radius 1 is 1.24 bits per heavy atom. The summed E-state index contributed by atoms with van der Waals surface area (Å²) in [7, 11) is 3.42. The molecule has 2 rings (SSSR count). The minimum atomic E-state index is -0.0804. The predicted molar refractivity (Wildman–Crippen MR) is 91.3 cm³/mol. The quantitative estimate of drug-likeness (QED) is 0.801. The van der Waals surface area contributed by atoms with E-state index in [0.717, 1.165) is 10.2 Å². The number of rotatable bonds is 3. The number of hydrogen-bond donors (Lipinski definition) is 2. The zero-order valence-electron chi connectivity index (χ0n) is 11.7. The highest BCUT2D eigenvalue weighted by molar-refractivity contribution is 9.10. The van der Waals surface area contributed by atoms with Crippen molar-refractivity contribution in [2.24, 2.45) is 0 Å². The van der Waals surface area contributed by atoms with Crippen molar-refractivity contribution in [2.75, 3.05) is 25.1 Å². The molecule has 0 bridgehead atoms. The summed E-state index contributed by atoms with van der Waals surface area (Å²) in [6.07, 6.45) is 0. The van der Waals surface area contributed by atoms with E-state index in [2.05, 4.69) is 21.2 Å². The van der Waals surface area contributed by atoms with Crippen LogP contribution in [0.5, 0.6) is 0 Å². The minimum Gasteiger partial charge on any atom is -0.397 e. The first-order valence-corrected chi connectivity index (χ1v) is 7.39. The first-order chi connectivity index (χ1) is 9.90. The molecule has 0 unspecified atom stereocenters. The summed E-state index contributed by atoms with van der Waals surface area (Å²) in [5.74, 6) is -0.0804. The lowest BCUT2D eigenvalue weighted by Crippen LogP contribution is -2.21. The standard InChI is InChI=1S/C15H15BrClN3O/c1-20(2)15(21)9-6-7-11(18)13(8-9)19-12-5-3-4-10(17)14(12)16/h3-8,19H,18H2,1-2H3. The number of nitrogens with one attached hydrogen (secondary N) is 1. The molecule has 4 nitrogen and oxygen atoms in total. The molecule has 0 spiro atoms. The monoisotopic (exact) mass is 367 g/mol. The number of carbonyl (C=O) groups excluding carboxylic acids is 1. The van der Waals surface area contributed by atoms with Gasteiger partial charge >= 0.3 is 0 Å². The fraction of sp³-hybridized carbons (Fsp3) is 0.133. The number of nitrogen functional groups attached to an aromatic ring is 1. The largest absolute Gasteiger partial charge is 0.397 e. The fourth-order valence-electron chi connectivity index (χ4n) is 1.80. The molecule has 2 aromatic rings. The van der Waals surface area contributed by atoms with Crippen molar-refractivity contribution in [3.63, 3.8) is 0 Å². The topological polar surface area (TPSA) is 58.4 Å². The second kappa shape index (κ2) is 6.37. The van der Waals surface area contributed by atoms with E-state index < -0.39 is 0 Å². The first-order valence-electron chi connectivity index (χ1n) is 6.22. The Morgan fingerprint density at radius 3 is 2.62 bits per heavy atom. The molecule has 0 aliphatic carbocycles. The highest BCUT2D eigenvalue weighted by Gasteiger charge is 2.11. The van der Waals surface area contributed by atoms with E-state index in [1.54, 1.807) is 38.4 Å². The zero-order valence-corrected chi connectivity index (χ0v) is 14.0. The van der Waals surface area contributed by atoms with Gasteiger partial charge in [0.25, 0.3) is 5.91 Å². The van der Waals surface area contributed by atoms with Gasteiger partial charge in [0, 0.05) is 19.7 Å². The zero-order chi connectivity index (χ0) is 15.6. The molecule has 0 fully saturated rings. The van der Waals surface area contributed by atoms with Gasteiger partial charge in [-0.05, 0) is 46.3 Å². The summed E-state index contributed by atoms with van der Waals surface area (Å²) in [6, 6.07) is 10.6. The Labute approximate surface area is 137 Å². The summed E-state index contributed by atoms with van der Waals surface area (Å²) >= 11 is 9.49. The lowest BCUT2D eigenvalue weighted by atomic mass is 10.1. The van der Waals surface area contributed by atoms with Gasteiger partial charge in [-0.2, -0.15) is 0 Å². The van der Waals surface area contributed by atoms with Crippen LogP contribution in [0.2, 0.25) is 5.02 Å². The molecule has 0 saturated carbocycles. The molecule has 0 aliphatic rings. The molecule has 0 saturated heterocycles. The van der Waals surface area contributed by atoms with Crippen molar-refractivity contribution >= 4 is 50.5 Å². The summed E-state index contributed by atoms with van der Waals surface area (Å²) < 4.78 is 0.746. The van der Waals surface area contributed by atoms with Gasteiger partial charge in [0.05, 0.1) is 26.6 Å². The molecule has 21 heavy (non-hydrogen) atoms. The highest BCUT2D eigenvalue weighted by atomic mass is 79.9. The van der Waals surface area contributed by atoms with Crippen LogP contribution < -0.4 is 11.1 Å². The number of nitrogens with zero attached hydrogens (tertiary/aromatic N) is 1. The Balaban J connectivity index is 2.38. The fourth-order valence-corrected chi connectivity index (χ4v) is 2.34. The van der Waals surface area contributed by atoms with Crippen LogP contribution in [-0.4, -0.2) is 24.9 Å².